The SMILES string of the molecule is CC1CC(C(Cl)c2cc(Br)sc2Br)CO1. The lowest BCUT2D eigenvalue weighted by Gasteiger charge is -2.14. The van der Waals surface area contributed by atoms with Gasteiger partial charge in [0.1, 0.15) is 0 Å². The highest BCUT2D eigenvalue weighted by molar-refractivity contribution is 9.12. The number of hydrogen-bond acceptors (Lipinski definition) is 2. The molecule has 0 spiro atoms. The van der Waals surface area contributed by atoms with E-state index >= 15 is 0 Å². The normalized spacial score (nSPS) is 28.3. The summed E-state index contributed by atoms with van der Waals surface area (Å²) in [6.45, 7) is 2.87. The van der Waals surface area contributed by atoms with Crippen LogP contribution < -0.4 is 0 Å². The molecule has 1 saturated heterocycles. The van der Waals surface area contributed by atoms with E-state index in [4.69, 9.17) is 16.3 Å². The Balaban J connectivity index is 2.13. The number of thiophene rings is 1. The minimum Gasteiger partial charge on any atom is -0.378 e. The Labute approximate surface area is 115 Å². The first-order valence-corrected chi connectivity index (χ1v) is 7.62. The Bertz CT molecular complexity index is 355. The molecular formula is C10H11Br2ClOS. The highest BCUT2D eigenvalue weighted by Crippen LogP contribution is 2.43. The average molecular weight is 375 g/mol. The van der Waals surface area contributed by atoms with E-state index < -0.39 is 0 Å². The molecule has 15 heavy (non-hydrogen) atoms. The van der Waals surface area contributed by atoms with Crippen molar-refractivity contribution in [2.24, 2.45) is 5.92 Å². The Morgan fingerprint density at radius 3 is 2.80 bits per heavy atom. The van der Waals surface area contributed by atoms with Crippen molar-refractivity contribution in [3.8, 4) is 0 Å². The monoisotopic (exact) mass is 372 g/mol. The van der Waals surface area contributed by atoms with Gasteiger partial charge in [-0.1, -0.05) is 0 Å². The van der Waals surface area contributed by atoms with E-state index in [1.165, 1.54) is 5.56 Å². The lowest BCUT2D eigenvalue weighted by molar-refractivity contribution is 0.120. The Morgan fingerprint density at radius 1 is 1.60 bits per heavy atom. The van der Waals surface area contributed by atoms with Crippen LogP contribution in [0.15, 0.2) is 13.6 Å². The van der Waals surface area contributed by atoms with E-state index in [0.29, 0.717) is 12.0 Å². The molecule has 1 nitrogen and oxygen atoms in total. The third-order valence-electron chi connectivity index (χ3n) is 2.62. The fourth-order valence-corrected chi connectivity index (χ4v) is 5.32. The van der Waals surface area contributed by atoms with Gasteiger partial charge in [-0.3, -0.25) is 0 Å². The molecule has 0 bridgehead atoms. The molecule has 0 saturated carbocycles. The molecule has 0 aliphatic carbocycles. The van der Waals surface area contributed by atoms with Crippen LogP contribution in [0, 0.1) is 5.92 Å². The lowest BCUT2D eigenvalue weighted by atomic mass is 9.98. The maximum absolute atomic E-state index is 6.47. The molecule has 0 N–H and O–H groups in total. The average Bonchev–Trinajstić information content (AvgIpc) is 2.71. The Morgan fingerprint density at radius 2 is 2.33 bits per heavy atom. The molecule has 1 aliphatic heterocycles. The van der Waals surface area contributed by atoms with Gasteiger partial charge in [-0.2, -0.15) is 0 Å². The van der Waals surface area contributed by atoms with Gasteiger partial charge in [0, 0.05) is 5.92 Å². The van der Waals surface area contributed by atoms with Gasteiger partial charge in [0.05, 0.1) is 25.7 Å². The lowest BCUT2D eigenvalue weighted by Crippen LogP contribution is -2.07. The number of halogens is 3. The summed E-state index contributed by atoms with van der Waals surface area (Å²) < 4.78 is 7.78. The molecule has 5 heteroatoms. The molecule has 84 valence electrons. The van der Waals surface area contributed by atoms with E-state index in [1.54, 1.807) is 11.3 Å². The second-order valence-corrected chi connectivity index (χ2v) is 8.04. The molecular weight excluding hydrogens is 363 g/mol. The van der Waals surface area contributed by atoms with Gasteiger partial charge >= 0.3 is 0 Å². The van der Waals surface area contributed by atoms with Crippen LogP contribution in [0.1, 0.15) is 24.3 Å². The highest BCUT2D eigenvalue weighted by atomic mass is 79.9. The van der Waals surface area contributed by atoms with Gasteiger partial charge in [0.25, 0.3) is 0 Å². The number of hydrogen-bond donors (Lipinski definition) is 0. The van der Waals surface area contributed by atoms with Gasteiger partial charge in [-0.25, -0.2) is 0 Å². The molecule has 0 amide bonds. The van der Waals surface area contributed by atoms with E-state index in [0.717, 1.165) is 20.6 Å². The van der Waals surface area contributed by atoms with Crippen LogP contribution >= 0.6 is 54.8 Å². The molecule has 1 aromatic rings. The van der Waals surface area contributed by atoms with Crippen molar-refractivity contribution >= 4 is 54.8 Å². The van der Waals surface area contributed by atoms with Crippen molar-refractivity contribution in [2.75, 3.05) is 6.61 Å². The summed E-state index contributed by atoms with van der Waals surface area (Å²) in [5.41, 5.74) is 1.18. The summed E-state index contributed by atoms with van der Waals surface area (Å²) in [4.78, 5) is 0. The van der Waals surface area contributed by atoms with Crippen molar-refractivity contribution in [1.29, 1.82) is 0 Å². The van der Waals surface area contributed by atoms with E-state index in [9.17, 15) is 0 Å². The molecule has 1 aromatic heterocycles. The fraction of sp³-hybridized carbons (Fsp3) is 0.600. The van der Waals surface area contributed by atoms with Gasteiger partial charge in [-0.15, -0.1) is 22.9 Å². The summed E-state index contributed by atoms with van der Waals surface area (Å²) in [6.07, 6.45) is 1.39. The predicted octanol–water partition coefficient (Wildman–Crippen LogP) is 4.98. The summed E-state index contributed by atoms with van der Waals surface area (Å²) >= 11 is 15.2. The summed E-state index contributed by atoms with van der Waals surface area (Å²) in [7, 11) is 0. The van der Waals surface area contributed by atoms with Crippen LogP contribution in [0.4, 0.5) is 0 Å². The zero-order valence-corrected chi connectivity index (χ0v) is 12.9. The number of rotatable bonds is 2. The first-order chi connectivity index (χ1) is 7.08. The summed E-state index contributed by atoms with van der Waals surface area (Å²) in [5, 5.41) is 0.0480. The van der Waals surface area contributed by atoms with Crippen LogP contribution in [0.5, 0.6) is 0 Å². The standard InChI is InChI=1S/C10H11Br2ClOS/c1-5-2-6(4-14-5)9(13)7-3-8(11)15-10(7)12/h3,5-6,9H,2,4H2,1H3. The molecule has 3 atom stereocenters. The van der Waals surface area contributed by atoms with Gasteiger partial charge in [-0.05, 0) is 56.8 Å². The maximum atomic E-state index is 6.47. The molecule has 3 unspecified atom stereocenters. The van der Waals surface area contributed by atoms with E-state index in [-0.39, 0.29) is 5.38 Å². The zero-order chi connectivity index (χ0) is 11.0. The smallest absolute Gasteiger partial charge is 0.0757 e. The van der Waals surface area contributed by atoms with Gasteiger partial charge < -0.3 is 4.74 Å². The van der Waals surface area contributed by atoms with Crippen LogP contribution in [-0.2, 0) is 4.74 Å². The Kier molecular flexibility index (Phi) is 4.16. The van der Waals surface area contributed by atoms with Crippen LogP contribution in [0.2, 0.25) is 0 Å². The third kappa shape index (κ3) is 2.78. The molecule has 1 fully saturated rings. The van der Waals surface area contributed by atoms with Crippen LogP contribution in [-0.4, -0.2) is 12.7 Å². The van der Waals surface area contributed by atoms with Crippen LogP contribution in [0.25, 0.3) is 0 Å². The second kappa shape index (κ2) is 5.05. The minimum absolute atomic E-state index is 0.0480. The van der Waals surface area contributed by atoms with E-state index in [1.807, 2.05) is 0 Å². The van der Waals surface area contributed by atoms with Crippen molar-refractivity contribution in [1.82, 2.24) is 0 Å². The zero-order valence-electron chi connectivity index (χ0n) is 8.17. The second-order valence-electron chi connectivity index (χ2n) is 3.82. The first kappa shape index (κ1) is 12.4. The number of alkyl halides is 1. The summed E-state index contributed by atoms with van der Waals surface area (Å²) in [5.74, 6) is 0.430. The van der Waals surface area contributed by atoms with Crippen LogP contribution in [0.3, 0.4) is 0 Å². The first-order valence-electron chi connectivity index (χ1n) is 4.78. The van der Waals surface area contributed by atoms with Gasteiger partial charge in [0.2, 0.25) is 0 Å². The third-order valence-corrected chi connectivity index (χ3v) is 5.60. The van der Waals surface area contributed by atoms with Crippen molar-refractivity contribution in [3.05, 3.63) is 19.2 Å². The van der Waals surface area contributed by atoms with Gasteiger partial charge in [0.15, 0.2) is 0 Å². The van der Waals surface area contributed by atoms with Crippen molar-refractivity contribution in [3.63, 3.8) is 0 Å². The quantitative estimate of drug-likeness (QED) is 0.664. The Hall–Kier alpha value is 0.910. The largest absolute Gasteiger partial charge is 0.378 e. The highest BCUT2D eigenvalue weighted by Gasteiger charge is 2.31. The molecule has 1 aliphatic rings. The number of ether oxygens (including phenoxy) is 1. The molecule has 2 rings (SSSR count). The van der Waals surface area contributed by atoms with Crippen molar-refractivity contribution < 1.29 is 4.74 Å². The summed E-state index contributed by atoms with van der Waals surface area (Å²) in [6, 6.07) is 2.09. The van der Waals surface area contributed by atoms with Crippen molar-refractivity contribution in [2.45, 2.75) is 24.8 Å². The molecule has 0 aromatic carbocycles. The molecule has 0 radical (unpaired) electrons. The fourth-order valence-electron chi connectivity index (χ4n) is 1.85. The molecule has 2 heterocycles. The van der Waals surface area contributed by atoms with E-state index in [2.05, 4.69) is 44.8 Å². The maximum Gasteiger partial charge on any atom is 0.0757 e. The topological polar surface area (TPSA) is 9.23 Å². The predicted molar refractivity (Wildman–Crippen MR) is 71.8 cm³/mol. The minimum atomic E-state index is 0.0480.